The molecule has 1 N–H and O–H groups in total. The third-order valence-corrected chi connectivity index (χ3v) is 6.09. The Morgan fingerprint density at radius 1 is 1.32 bits per heavy atom. The van der Waals surface area contributed by atoms with Gasteiger partial charge in [-0.25, -0.2) is 0 Å². The van der Waals surface area contributed by atoms with E-state index in [0.717, 1.165) is 38.4 Å². The minimum atomic E-state index is 0.312. The van der Waals surface area contributed by atoms with Gasteiger partial charge in [-0.1, -0.05) is 12.1 Å². The van der Waals surface area contributed by atoms with Crippen LogP contribution >= 0.6 is 11.3 Å². The lowest BCUT2D eigenvalue weighted by Crippen LogP contribution is -2.42. The van der Waals surface area contributed by atoms with E-state index >= 15 is 0 Å². The highest BCUT2D eigenvalue weighted by Crippen LogP contribution is 2.38. The monoisotopic (exact) mass is 356 g/mol. The van der Waals surface area contributed by atoms with Crippen LogP contribution in [0.4, 0.5) is 0 Å². The molecule has 0 radical (unpaired) electrons. The van der Waals surface area contributed by atoms with Crippen molar-refractivity contribution in [2.45, 2.75) is 26.1 Å². The molecule has 4 nitrogen and oxygen atoms in total. The van der Waals surface area contributed by atoms with Crippen LogP contribution in [-0.4, -0.2) is 47.8 Å². The van der Waals surface area contributed by atoms with Gasteiger partial charge in [0.1, 0.15) is 5.75 Å². The van der Waals surface area contributed by atoms with Crippen LogP contribution in [0.25, 0.3) is 5.57 Å². The first-order chi connectivity index (χ1) is 12.1. The normalized spacial score (nSPS) is 21.1. The van der Waals surface area contributed by atoms with Gasteiger partial charge in [0.2, 0.25) is 0 Å². The minimum absolute atomic E-state index is 0.312. The number of morpholine rings is 1. The van der Waals surface area contributed by atoms with Crippen molar-refractivity contribution in [1.29, 1.82) is 0 Å². The zero-order chi connectivity index (χ0) is 17.4. The maximum absolute atomic E-state index is 9.85. The van der Waals surface area contributed by atoms with Crippen molar-refractivity contribution in [3.05, 3.63) is 57.4 Å². The van der Waals surface area contributed by atoms with Gasteiger partial charge in [0.15, 0.2) is 0 Å². The Morgan fingerprint density at radius 3 is 3.00 bits per heavy atom. The van der Waals surface area contributed by atoms with E-state index in [1.165, 1.54) is 20.9 Å². The van der Waals surface area contributed by atoms with E-state index in [-0.39, 0.29) is 0 Å². The third-order valence-electron chi connectivity index (χ3n) is 4.90. The Balaban J connectivity index is 1.64. The summed E-state index contributed by atoms with van der Waals surface area (Å²) in [7, 11) is 2.10. The molecule has 132 valence electrons. The lowest BCUT2D eigenvalue weighted by molar-refractivity contribution is -0.00391. The summed E-state index contributed by atoms with van der Waals surface area (Å²) in [4.78, 5) is 7.46. The summed E-state index contributed by atoms with van der Waals surface area (Å²) in [6, 6.07) is 10.4. The first kappa shape index (κ1) is 16.6. The van der Waals surface area contributed by atoms with Crippen molar-refractivity contribution >= 4 is 16.9 Å². The van der Waals surface area contributed by atoms with E-state index in [2.05, 4.69) is 42.1 Å². The molecule has 3 heterocycles. The molecule has 1 saturated heterocycles. The third kappa shape index (κ3) is 3.45. The maximum atomic E-state index is 9.85. The second kappa shape index (κ2) is 6.83. The van der Waals surface area contributed by atoms with Crippen LogP contribution < -0.4 is 0 Å². The zero-order valence-electron chi connectivity index (χ0n) is 14.7. The summed E-state index contributed by atoms with van der Waals surface area (Å²) in [5, 5.41) is 9.85. The molecule has 25 heavy (non-hydrogen) atoms. The molecule has 0 aliphatic carbocycles. The number of phenols is 1. The lowest BCUT2D eigenvalue weighted by Gasteiger charge is -2.32. The van der Waals surface area contributed by atoms with Crippen molar-refractivity contribution in [2.24, 2.45) is 0 Å². The molecule has 1 atom stereocenters. The molecule has 2 aliphatic rings. The lowest BCUT2D eigenvalue weighted by atomic mass is 9.99. The molecule has 5 heteroatoms. The van der Waals surface area contributed by atoms with Gasteiger partial charge in [-0.15, -0.1) is 11.3 Å². The van der Waals surface area contributed by atoms with Crippen molar-refractivity contribution in [1.82, 2.24) is 9.80 Å². The molecule has 1 aromatic carbocycles. The van der Waals surface area contributed by atoms with Crippen LogP contribution in [0.2, 0.25) is 0 Å². The highest BCUT2D eigenvalue weighted by Gasteiger charge is 2.23. The van der Waals surface area contributed by atoms with Gasteiger partial charge in [-0.05, 0) is 36.2 Å². The van der Waals surface area contributed by atoms with Crippen molar-refractivity contribution in [2.75, 3.05) is 26.8 Å². The van der Waals surface area contributed by atoms with E-state index in [4.69, 9.17) is 4.74 Å². The highest BCUT2D eigenvalue weighted by atomic mass is 32.1. The Bertz CT molecular complexity index is 799. The van der Waals surface area contributed by atoms with Crippen LogP contribution in [0, 0.1) is 0 Å². The number of nitrogens with zero attached hydrogens (tertiary/aromatic N) is 2. The second-order valence-corrected chi connectivity index (χ2v) is 8.11. The van der Waals surface area contributed by atoms with Gasteiger partial charge >= 0.3 is 0 Å². The number of thiophene rings is 1. The Labute approximate surface area is 153 Å². The number of phenolic OH excluding ortho intramolecular Hbond substituents is 1. The molecule has 0 amide bonds. The van der Waals surface area contributed by atoms with E-state index in [0.29, 0.717) is 11.8 Å². The number of rotatable bonds is 3. The minimum Gasteiger partial charge on any atom is -0.508 e. The van der Waals surface area contributed by atoms with Gasteiger partial charge in [0.25, 0.3) is 0 Å². The second-order valence-electron chi connectivity index (χ2n) is 6.97. The summed E-state index contributed by atoms with van der Waals surface area (Å²) in [6.07, 6.45) is 2.19. The van der Waals surface area contributed by atoms with Crippen molar-refractivity contribution in [3.63, 3.8) is 0 Å². The predicted octanol–water partition coefficient (Wildman–Crippen LogP) is 3.51. The van der Waals surface area contributed by atoms with E-state index in [9.17, 15) is 5.11 Å². The molecule has 4 rings (SSSR count). The average molecular weight is 356 g/mol. The molecule has 0 saturated carbocycles. The molecule has 0 bridgehead atoms. The summed E-state index contributed by atoms with van der Waals surface area (Å²) in [5.41, 5.74) is 3.65. The number of fused-ring (bicyclic) bond motifs is 1. The van der Waals surface area contributed by atoms with E-state index in [1.54, 1.807) is 6.07 Å². The largest absolute Gasteiger partial charge is 0.508 e. The van der Waals surface area contributed by atoms with E-state index in [1.807, 2.05) is 23.5 Å². The number of hydrogen-bond acceptors (Lipinski definition) is 5. The number of benzene rings is 1. The SMILES string of the molecule is CC1COCCN1Cc1cc2c(s1)C(c1cccc(O)c1)=CN(C)C2. The summed E-state index contributed by atoms with van der Waals surface area (Å²) in [6.45, 7) is 6.80. The number of ether oxygens (including phenoxy) is 1. The first-order valence-electron chi connectivity index (χ1n) is 8.75. The fraction of sp³-hybridized carbons (Fsp3) is 0.400. The van der Waals surface area contributed by atoms with Gasteiger partial charge in [0.05, 0.1) is 13.2 Å². The van der Waals surface area contributed by atoms with Crippen LogP contribution in [0.5, 0.6) is 5.75 Å². The average Bonchev–Trinajstić information content (AvgIpc) is 2.98. The summed E-state index contributed by atoms with van der Waals surface area (Å²) in [5.74, 6) is 0.312. The fourth-order valence-corrected chi connectivity index (χ4v) is 4.81. The Hall–Kier alpha value is -1.82. The maximum Gasteiger partial charge on any atom is 0.116 e. The van der Waals surface area contributed by atoms with Crippen LogP contribution in [0.15, 0.2) is 36.5 Å². The fourth-order valence-electron chi connectivity index (χ4n) is 3.58. The molecule has 2 aromatic rings. The smallest absolute Gasteiger partial charge is 0.116 e. The van der Waals surface area contributed by atoms with E-state index < -0.39 is 0 Å². The Kier molecular flexibility index (Phi) is 4.54. The highest BCUT2D eigenvalue weighted by molar-refractivity contribution is 7.13. The molecule has 1 fully saturated rings. The van der Waals surface area contributed by atoms with Crippen molar-refractivity contribution in [3.8, 4) is 5.75 Å². The topological polar surface area (TPSA) is 35.9 Å². The molecular weight excluding hydrogens is 332 g/mol. The van der Waals surface area contributed by atoms with Crippen molar-refractivity contribution < 1.29 is 9.84 Å². The number of hydrogen-bond donors (Lipinski definition) is 1. The quantitative estimate of drug-likeness (QED) is 0.913. The Morgan fingerprint density at radius 2 is 2.20 bits per heavy atom. The summed E-state index contributed by atoms with van der Waals surface area (Å²) >= 11 is 1.88. The predicted molar refractivity (Wildman–Crippen MR) is 102 cm³/mol. The molecule has 1 aromatic heterocycles. The number of aromatic hydroxyl groups is 1. The van der Waals surface area contributed by atoms with Crippen LogP contribution in [0.3, 0.4) is 0 Å². The zero-order valence-corrected chi connectivity index (χ0v) is 15.6. The van der Waals surface area contributed by atoms with Gasteiger partial charge in [0, 0.05) is 54.3 Å². The molecule has 1 unspecified atom stereocenters. The van der Waals surface area contributed by atoms with Gasteiger partial charge < -0.3 is 14.7 Å². The van der Waals surface area contributed by atoms with Gasteiger partial charge in [-0.3, -0.25) is 4.90 Å². The van der Waals surface area contributed by atoms with Crippen LogP contribution in [-0.2, 0) is 17.8 Å². The molecule has 0 spiro atoms. The molecular formula is C20H24N2O2S. The van der Waals surface area contributed by atoms with Crippen LogP contribution in [0.1, 0.15) is 27.8 Å². The molecule has 2 aliphatic heterocycles. The van der Waals surface area contributed by atoms with Gasteiger partial charge in [-0.2, -0.15) is 0 Å². The summed E-state index contributed by atoms with van der Waals surface area (Å²) < 4.78 is 5.55. The first-order valence-corrected chi connectivity index (χ1v) is 9.57. The standard InChI is InChI=1S/C20H24N2O2S/c1-14-13-24-7-6-22(14)11-18-9-16-10-21(2)12-19(20(16)25-18)15-4-3-5-17(23)8-15/h3-5,8-9,12,14,23H,6-7,10-11,13H2,1-2H3.